The van der Waals surface area contributed by atoms with E-state index in [2.05, 4.69) is 5.32 Å². The summed E-state index contributed by atoms with van der Waals surface area (Å²) in [5.41, 5.74) is 6.60. The van der Waals surface area contributed by atoms with Gasteiger partial charge in [-0.2, -0.15) is 0 Å². The van der Waals surface area contributed by atoms with Crippen molar-refractivity contribution in [1.29, 1.82) is 0 Å². The van der Waals surface area contributed by atoms with Crippen LogP contribution in [0.25, 0.3) is 0 Å². The van der Waals surface area contributed by atoms with Gasteiger partial charge in [0, 0.05) is 4.88 Å². The molecule has 0 saturated heterocycles. The molecule has 0 atom stereocenters. The lowest BCUT2D eigenvalue weighted by Crippen LogP contribution is -2.02. The molecular formula is C11H16N2OS. The van der Waals surface area contributed by atoms with Gasteiger partial charge in [-0.25, -0.2) is 0 Å². The Morgan fingerprint density at radius 2 is 2.13 bits per heavy atom. The van der Waals surface area contributed by atoms with Crippen LogP contribution < -0.4 is 11.1 Å². The molecule has 1 aliphatic carbocycles. The highest BCUT2D eigenvalue weighted by Gasteiger charge is 2.18. The van der Waals surface area contributed by atoms with Crippen LogP contribution >= 0.6 is 11.3 Å². The van der Waals surface area contributed by atoms with Gasteiger partial charge in [0.2, 0.25) is 6.41 Å². The minimum atomic E-state index is 0.660. The molecule has 3 nitrogen and oxygen atoms in total. The van der Waals surface area contributed by atoms with Crippen molar-refractivity contribution in [2.75, 3.05) is 11.1 Å². The van der Waals surface area contributed by atoms with Crippen LogP contribution in [-0.2, 0) is 4.79 Å². The molecule has 0 unspecified atom stereocenters. The van der Waals surface area contributed by atoms with Crippen LogP contribution in [0.4, 0.5) is 10.7 Å². The van der Waals surface area contributed by atoms with E-state index in [0.717, 1.165) is 10.7 Å². The first-order chi connectivity index (χ1) is 7.31. The molecule has 2 rings (SSSR count). The molecule has 1 aliphatic rings. The fourth-order valence-electron chi connectivity index (χ4n) is 2.19. The lowest BCUT2D eigenvalue weighted by atomic mass is 9.88. The van der Waals surface area contributed by atoms with Gasteiger partial charge in [0.1, 0.15) is 5.00 Å². The molecular weight excluding hydrogens is 208 g/mol. The highest BCUT2D eigenvalue weighted by molar-refractivity contribution is 7.16. The van der Waals surface area contributed by atoms with Crippen molar-refractivity contribution >= 4 is 28.4 Å². The second-order valence-corrected chi connectivity index (χ2v) is 5.14. The van der Waals surface area contributed by atoms with Crippen LogP contribution in [-0.4, -0.2) is 6.41 Å². The number of thiophene rings is 1. The van der Waals surface area contributed by atoms with E-state index < -0.39 is 0 Å². The minimum absolute atomic E-state index is 0.660. The van der Waals surface area contributed by atoms with Crippen LogP contribution in [0.3, 0.4) is 0 Å². The van der Waals surface area contributed by atoms with Crippen molar-refractivity contribution < 1.29 is 4.79 Å². The van der Waals surface area contributed by atoms with E-state index in [4.69, 9.17) is 5.73 Å². The number of anilines is 2. The molecule has 0 spiro atoms. The van der Waals surface area contributed by atoms with E-state index in [1.165, 1.54) is 37.0 Å². The number of nitrogens with one attached hydrogen (secondary N) is 1. The summed E-state index contributed by atoms with van der Waals surface area (Å²) in [4.78, 5) is 11.7. The minimum Gasteiger partial charge on any atom is -0.389 e. The molecule has 0 aromatic carbocycles. The molecule has 1 heterocycles. The molecule has 82 valence electrons. The molecule has 0 bridgehead atoms. The van der Waals surface area contributed by atoms with Gasteiger partial charge < -0.3 is 11.1 Å². The highest BCUT2D eigenvalue weighted by Crippen LogP contribution is 2.40. The Labute approximate surface area is 93.7 Å². The monoisotopic (exact) mass is 224 g/mol. The quantitative estimate of drug-likeness (QED) is 0.775. The fourth-order valence-corrected chi connectivity index (χ4v) is 3.25. The first kappa shape index (κ1) is 10.5. The first-order valence-corrected chi connectivity index (χ1v) is 6.22. The van der Waals surface area contributed by atoms with Gasteiger partial charge in [0.25, 0.3) is 0 Å². The number of nitrogen functional groups attached to an aromatic ring is 1. The smallest absolute Gasteiger partial charge is 0.211 e. The third-order valence-electron chi connectivity index (χ3n) is 3.00. The normalized spacial score (nSPS) is 17.6. The largest absolute Gasteiger partial charge is 0.389 e. The second kappa shape index (κ2) is 4.66. The first-order valence-electron chi connectivity index (χ1n) is 5.40. The summed E-state index contributed by atoms with van der Waals surface area (Å²) in [6.07, 6.45) is 7.21. The third-order valence-corrected chi connectivity index (χ3v) is 4.13. The standard InChI is InChI=1S/C11H16N2OS/c12-11-9(13-7-14)6-10(15-11)8-4-2-1-3-5-8/h6-8H,1-5,12H2,(H,13,14). The maximum Gasteiger partial charge on any atom is 0.211 e. The Morgan fingerprint density at radius 3 is 2.80 bits per heavy atom. The summed E-state index contributed by atoms with van der Waals surface area (Å²) in [6.45, 7) is 0. The number of amides is 1. The molecule has 1 aromatic rings. The predicted molar refractivity (Wildman–Crippen MR) is 64.2 cm³/mol. The Kier molecular flexibility index (Phi) is 3.26. The van der Waals surface area contributed by atoms with Crippen LogP contribution in [0.1, 0.15) is 42.9 Å². The summed E-state index contributed by atoms with van der Waals surface area (Å²) >= 11 is 1.62. The maximum absolute atomic E-state index is 10.3. The summed E-state index contributed by atoms with van der Waals surface area (Å²) in [6, 6.07) is 2.03. The maximum atomic E-state index is 10.3. The second-order valence-electron chi connectivity index (χ2n) is 4.02. The van der Waals surface area contributed by atoms with Gasteiger partial charge in [-0.05, 0) is 24.8 Å². The highest BCUT2D eigenvalue weighted by atomic mass is 32.1. The molecule has 1 saturated carbocycles. The van der Waals surface area contributed by atoms with E-state index in [9.17, 15) is 4.79 Å². The lowest BCUT2D eigenvalue weighted by Gasteiger charge is -2.19. The van der Waals surface area contributed by atoms with E-state index in [-0.39, 0.29) is 0 Å². The molecule has 1 fully saturated rings. The van der Waals surface area contributed by atoms with Crippen molar-refractivity contribution in [3.63, 3.8) is 0 Å². The Bertz CT molecular complexity index is 342. The van der Waals surface area contributed by atoms with E-state index >= 15 is 0 Å². The van der Waals surface area contributed by atoms with Crippen molar-refractivity contribution in [1.82, 2.24) is 0 Å². The Balaban J connectivity index is 2.13. The number of carbonyl (C=O) groups is 1. The summed E-state index contributed by atoms with van der Waals surface area (Å²) in [5.74, 6) is 0.660. The molecule has 3 N–H and O–H groups in total. The Morgan fingerprint density at radius 1 is 1.40 bits per heavy atom. The zero-order valence-electron chi connectivity index (χ0n) is 8.66. The van der Waals surface area contributed by atoms with Gasteiger partial charge >= 0.3 is 0 Å². The molecule has 0 aliphatic heterocycles. The molecule has 1 aromatic heterocycles. The van der Waals surface area contributed by atoms with Crippen LogP contribution in [0, 0.1) is 0 Å². The number of nitrogens with two attached hydrogens (primary N) is 1. The van der Waals surface area contributed by atoms with Gasteiger partial charge in [0.15, 0.2) is 0 Å². The van der Waals surface area contributed by atoms with Crippen LogP contribution in [0.2, 0.25) is 0 Å². The Hall–Kier alpha value is -1.03. The number of rotatable bonds is 3. The SMILES string of the molecule is Nc1sc(C2CCCCC2)cc1NC=O. The fraction of sp³-hybridized carbons (Fsp3) is 0.545. The molecule has 0 radical (unpaired) electrons. The van der Waals surface area contributed by atoms with Gasteiger partial charge in [-0.15, -0.1) is 11.3 Å². The van der Waals surface area contributed by atoms with Gasteiger partial charge in [-0.3, -0.25) is 4.79 Å². The van der Waals surface area contributed by atoms with Crippen LogP contribution in [0.5, 0.6) is 0 Å². The third kappa shape index (κ3) is 2.31. The van der Waals surface area contributed by atoms with Gasteiger partial charge in [-0.1, -0.05) is 19.3 Å². The topological polar surface area (TPSA) is 55.1 Å². The predicted octanol–water partition coefficient (Wildman–Crippen LogP) is 2.95. The van der Waals surface area contributed by atoms with Crippen molar-refractivity contribution in [2.24, 2.45) is 0 Å². The van der Waals surface area contributed by atoms with Crippen LogP contribution in [0.15, 0.2) is 6.07 Å². The van der Waals surface area contributed by atoms with E-state index in [1.54, 1.807) is 11.3 Å². The molecule has 15 heavy (non-hydrogen) atoms. The number of carbonyl (C=O) groups excluding carboxylic acids is 1. The van der Waals surface area contributed by atoms with E-state index in [0.29, 0.717) is 12.3 Å². The van der Waals surface area contributed by atoms with Crippen molar-refractivity contribution in [2.45, 2.75) is 38.0 Å². The average Bonchev–Trinajstić information content (AvgIpc) is 2.63. The van der Waals surface area contributed by atoms with E-state index in [1.807, 2.05) is 6.07 Å². The summed E-state index contributed by atoms with van der Waals surface area (Å²) < 4.78 is 0. The zero-order chi connectivity index (χ0) is 10.7. The van der Waals surface area contributed by atoms with Gasteiger partial charge in [0.05, 0.1) is 5.69 Å². The molecule has 1 amide bonds. The number of hydrogen-bond acceptors (Lipinski definition) is 3. The molecule has 4 heteroatoms. The van der Waals surface area contributed by atoms with Crippen molar-refractivity contribution in [3.8, 4) is 0 Å². The number of hydrogen-bond donors (Lipinski definition) is 2. The average molecular weight is 224 g/mol. The summed E-state index contributed by atoms with van der Waals surface area (Å²) in [7, 11) is 0. The lowest BCUT2D eigenvalue weighted by molar-refractivity contribution is -0.105. The summed E-state index contributed by atoms with van der Waals surface area (Å²) in [5, 5.41) is 3.36. The van der Waals surface area contributed by atoms with Crippen molar-refractivity contribution in [3.05, 3.63) is 10.9 Å². The zero-order valence-corrected chi connectivity index (χ0v) is 9.48.